The first-order chi connectivity index (χ1) is 20.3. The molecule has 8 heteroatoms. The summed E-state index contributed by atoms with van der Waals surface area (Å²) in [5, 5.41) is 19.7. The number of benzene rings is 1. The number of anilines is 1. The zero-order valence-electron chi connectivity index (χ0n) is 26.3. The van der Waals surface area contributed by atoms with E-state index in [1.54, 1.807) is 14.0 Å². The number of aliphatic imine (C=N–C) groups is 1. The number of nitrogens with two attached hydrogens (primary N) is 1. The van der Waals surface area contributed by atoms with Gasteiger partial charge >= 0.3 is 0 Å². The van der Waals surface area contributed by atoms with Crippen molar-refractivity contribution in [2.75, 3.05) is 32.1 Å². The highest BCUT2D eigenvalue weighted by atomic mass is 16.5. The molecule has 8 nitrogen and oxygen atoms in total. The molecule has 0 amide bonds. The van der Waals surface area contributed by atoms with Gasteiger partial charge in [-0.25, -0.2) is 4.99 Å². The third-order valence-electron chi connectivity index (χ3n) is 7.28. The Morgan fingerprint density at radius 1 is 1.17 bits per heavy atom. The smallest absolute Gasteiger partial charge is 0.165 e. The van der Waals surface area contributed by atoms with Crippen molar-refractivity contribution in [1.29, 1.82) is 0 Å². The van der Waals surface area contributed by atoms with Crippen LogP contribution in [0.1, 0.15) is 73.1 Å². The van der Waals surface area contributed by atoms with Crippen LogP contribution >= 0.6 is 0 Å². The number of nitrogens with one attached hydrogen (secondary N) is 3. The van der Waals surface area contributed by atoms with Crippen molar-refractivity contribution in [2.24, 2.45) is 10.7 Å². The molecule has 0 spiro atoms. The minimum Gasteiger partial charge on any atom is -0.501 e. The Balaban J connectivity index is 2.70. The summed E-state index contributed by atoms with van der Waals surface area (Å²) < 4.78 is 5.45. The summed E-state index contributed by atoms with van der Waals surface area (Å²) in [6.07, 6.45) is 11.0. The van der Waals surface area contributed by atoms with Gasteiger partial charge in [-0.15, -0.1) is 0 Å². The first kappa shape index (κ1) is 34.6. The van der Waals surface area contributed by atoms with Gasteiger partial charge in [0.05, 0.1) is 19.3 Å². The number of ketones is 1. The molecule has 1 aliphatic carbocycles. The molecule has 0 heterocycles. The van der Waals surface area contributed by atoms with Gasteiger partial charge in [0.25, 0.3) is 0 Å². The Morgan fingerprint density at radius 2 is 1.88 bits per heavy atom. The van der Waals surface area contributed by atoms with Crippen molar-refractivity contribution in [2.45, 2.75) is 79.2 Å². The second-order valence-corrected chi connectivity index (χ2v) is 10.3. The molecule has 1 aliphatic rings. The summed E-state index contributed by atoms with van der Waals surface area (Å²) >= 11 is 0. The summed E-state index contributed by atoms with van der Waals surface area (Å²) in [5.41, 5.74) is 11.6. The molecule has 1 saturated carbocycles. The van der Waals surface area contributed by atoms with Crippen LogP contribution in [0.3, 0.4) is 0 Å². The highest BCUT2D eigenvalue weighted by Gasteiger charge is 2.20. The molecular weight excluding hydrogens is 526 g/mol. The zero-order chi connectivity index (χ0) is 30.9. The first-order valence-corrected chi connectivity index (χ1v) is 15.1. The number of Topliss-reactive ketones (excluding diaryl/α,β-unsaturated/α-hetero) is 1. The number of aliphatic hydroxyl groups is 1. The fourth-order valence-electron chi connectivity index (χ4n) is 4.26. The molecule has 0 bridgehead atoms. The van der Waals surface area contributed by atoms with Crippen molar-refractivity contribution in [1.82, 2.24) is 10.6 Å². The molecule has 1 atom stereocenters. The quantitative estimate of drug-likeness (QED) is 0.0392. The second kappa shape index (κ2) is 18.7. The lowest BCUT2D eigenvalue weighted by atomic mass is 9.92. The number of para-hydroxylation sites is 1. The van der Waals surface area contributed by atoms with E-state index >= 15 is 0 Å². The van der Waals surface area contributed by atoms with Crippen LogP contribution in [0.2, 0.25) is 0 Å². The highest BCUT2D eigenvalue weighted by molar-refractivity contribution is 6.09. The van der Waals surface area contributed by atoms with Gasteiger partial charge in [0, 0.05) is 42.5 Å². The van der Waals surface area contributed by atoms with Crippen LogP contribution in [0.15, 0.2) is 93.1 Å². The lowest BCUT2D eigenvalue weighted by Crippen LogP contribution is -2.39. The van der Waals surface area contributed by atoms with Crippen LogP contribution in [0.4, 0.5) is 5.69 Å². The molecule has 42 heavy (non-hydrogen) atoms. The predicted octanol–water partition coefficient (Wildman–Crippen LogP) is 5.87. The van der Waals surface area contributed by atoms with Crippen LogP contribution < -0.4 is 21.7 Å². The van der Waals surface area contributed by atoms with Gasteiger partial charge in [0.15, 0.2) is 5.78 Å². The Kier molecular flexibility index (Phi) is 15.4. The van der Waals surface area contributed by atoms with Gasteiger partial charge in [0.2, 0.25) is 0 Å². The zero-order valence-corrected chi connectivity index (χ0v) is 26.3. The normalized spacial score (nSPS) is 15.9. The summed E-state index contributed by atoms with van der Waals surface area (Å²) in [6.45, 7) is 11.1. The number of carbonyl (C=O) groups excluding carboxylic acids is 1. The Bertz CT molecular complexity index is 1200. The molecule has 0 radical (unpaired) electrons. The van der Waals surface area contributed by atoms with E-state index in [-0.39, 0.29) is 18.4 Å². The van der Waals surface area contributed by atoms with Gasteiger partial charge in [-0.05, 0) is 75.3 Å². The first-order valence-electron chi connectivity index (χ1n) is 15.1. The van der Waals surface area contributed by atoms with Crippen LogP contribution in [-0.2, 0) is 9.53 Å². The number of rotatable bonds is 17. The predicted molar refractivity (Wildman–Crippen MR) is 175 cm³/mol. The van der Waals surface area contributed by atoms with E-state index in [2.05, 4.69) is 29.8 Å². The largest absolute Gasteiger partial charge is 0.501 e. The van der Waals surface area contributed by atoms with Crippen molar-refractivity contribution in [3.05, 3.63) is 88.1 Å². The van der Waals surface area contributed by atoms with E-state index in [1.165, 1.54) is 5.57 Å². The lowest BCUT2D eigenvalue weighted by molar-refractivity contribution is -0.115. The molecule has 0 aromatic heterocycles. The minimum atomic E-state index is -0.0138. The maximum Gasteiger partial charge on any atom is 0.165 e. The van der Waals surface area contributed by atoms with Crippen molar-refractivity contribution >= 4 is 17.3 Å². The van der Waals surface area contributed by atoms with Crippen molar-refractivity contribution in [3.8, 4) is 0 Å². The number of allylic oxidation sites excluding steroid dienone is 6. The Labute approximate surface area is 252 Å². The third kappa shape index (κ3) is 10.7. The third-order valence-corrected chi connectivity index (χ3v) is 7.28. The highest BCUT2D eigenvalue weighted by Crippen LogP contribution is 2.29. The van der Waals surface area contributed by atoms with Gasteiger partial charge < -0.3 is 31.5 Å². The second-order valence-electron chi connectivity index (χ2n) is 10.3. The molecule has 230 valence electrons. The fourth-order valence-corrected chi connectivity index (χ4v) is 4.26. The number of aliphatic hydroxyl groups excluding tert-OH is 1. The van der Waals surface area contributed by atoms with E-state index < -0.39 is 0 Å². The fraction of sp³-hybridized carbons (Fsp3) is 0.471. The molecular formula is C34H51N5O3. The van der Waals surface area contributed by atoms with E-state index in [4.69, 9.17) is 15.5 Å². The topological polar surface area (TPSA) is 121 Å². The average molecular weight is 578 g/mol. The van der Waals surface area contributed by atoms with E-state index in [0.717, 1.165) is 61.3 Å². The van der Waals surface area contributed by atoms with Crippen LogP contribution in [0.5, 0.6) is 0 Å². The maximum atomic E-state index is 12.8. The average Bonchev–Trinajstić information content (AvgIpc) is 2.98. The minimum absolute atomic E-state index is 0.0138. The number of hydrogen-bond acceptors (Lipinski definition) is 7. The maximum absolute atomic E-state index is 12.8. The summed E-state index contributed by atoms with van der Waals surface area (Å²) in [7, 11) is 1.57. The van der Waals surface area contributed by atoms with Crippen LogP contribution in [0, 0.1) is 0 Å². The van der Waals surface area contributed by atoms with E-state index in [1.807, 2.05) is 62.4 Å². The molecule has 0 unspecified atom stereocenters. The van der Waals surface area contributed by atoms with Crippen molar-refractivity contribution in [3.63, 3.8) is 0 Å². The number of methoxy groups -OCH3 is 1. The Hall–Kier alpha value is -3.62. The molecule has 0 saturated heterocycles. The molecule has 6 N–H and O–H groups in total. The van der Waals surface area contributed by atoms with E-state index in [9.17, 15) is 9.90 Å². The van der Waals surface area contributed by atoms with Crippen LogP contribution in [-0.4, -0.2) is 49.6 Å². The number of amidine groups is 1. The number of carbonyl (C=O) groups is 1. The summed E-state index contributed by atoms with van der Waals surface area (Å²) in [4.78, 5) is 18.0. The monoisotopic (exact) mass is 577 g/mol. The summed E-state index contributed by atoms with van der Waals surface area (Å²) in [6, 6.07) is 10.1. The van der Waals surface area contributed by atoms with Crippen LogP contribution in [0.25, 0.3) is 0 Å². The van der Waals surface area contributed by atoms with Gasteiger partial charge in [-0.2, -0.15) is 0 Å². The number of hydrogen-bond donors (Lipinski definition) is 5. The molecule has 1 aromatic rings. The van der Waals surface area contributed by atoms with Gasteiger partial charge in [0.1, 0.15) is 17.4 Å². The van der Waals surface area contributed by atoms with E-state index in [0.29, 0.717) is 35.8 Å². The summed E-state index contributed by atoms with van der Waals surface area (Å²) in [5.74, 6) is 2.02. The SMILES string of the molecule is CC\C=C/C(=C\C(C(=O)CC)=C(/C)OC)C(N)=C(C)C(=NC(N[C@@H](CC)CNCCO)=C1CCC1)Nc1ccccc1. The molecule has 1 aromatic carbocycles. The standard InChI is InChI=1S/C34H51N5O3/c1-7-10-15-27(22-30(25(5)42-6)31(41)9-3)32(35)24(4)33(38-29-18-12-11-13-19-29)39-34(26-16-14-17-26)37-28(8-2)23-36-20-21-40/h10-13,15,18-19,22,28,36-37,40H,7-9,14,16-17,20-21,23,35H2,1-6H3,(H,38,39)/b15-10-,27-22+,30-25-,32-24?/t28-/m0/s1. The Morgan fingerprint density at radius 3 is 2.43 bits per heavy atom. The van der Waals surface area contributed by atoms with Crippen molar-refractivity contribution < 1.29 is 14.6 Å². The van der Waals surface area contributed by atoms with Gasteiger partial charge in [-0.3, -0.25) is 4.79 Å². The van der Waals surface area contributed by atoms with Gasteiger partial charge in [-0.1, -0.05) is 51.1 Å². The molecule has 1 fully saturated rings. The lowest BCUT2D eigenvalue weighted by Gasteiger charge is -2.26. The number of nitrogens with zero attached hydrogens (tertiary/aromatic N) is 1. The number of ether oxygens (including phenoxy) is 1. The molecule has 2 rings (SSSR count). The molecule has 0 aliphatic heterocycles.